The highest BCUT2D eigenvalue weighted by Gasteiger charge is 2.46. The fourth-order valence-corrected chi connectivity index (χ4v) is 19.4. The molecule has 1 radical (unpaired) electrons. The third-order valence-electron chi connectivity index (χ3n) is 24.4. The monoisotopic (exact) mass is 1580 g/mol. The van der Waals surface area contributed by atoms with Gasteiger partial charge in [0, 0.05) is 62.9 Å². The van der Waals surface area contributed by atoms with E-state index in [1.165, 1.54) is 134 Å². The highest BCUT2D eigenvalue weighted by atomic mass is 79.9. The van der Waals surface area contributed by atoms with Crippen LogP contribution in [0, 0.1) is 0 Å². The lowest BCUT2D eigenvalue weighted by molar-refractivity contribution is 0.454. The second-order valence-corrected chi connectivity index (χ2v) is 33.9. The van der Waals surface area contributed by atoms with Gasteiger partial charge in [0.05, 0.1) is 0 Å². The van der Waals surface area contributed by atoms with Gasteiger partial charge in [-0.2, -0.15) is 0 Å². The van der Waals surface area contributed by atoms with Crippen molar-refractivity contribution in [3.8, 4) is 106 Å². The van der Waals surface area contributed by atoms with Crippen molar-refractivity contribution in [3.63, 3.8) is 0 Å². The first kappa shape index (κ1) is 72.1. The van der Waals surface area contributed by atoms with E-state index in [2.05, 4.69) is 342 Å². The lowest BCUT2D eigenvalue weighted by atomic mass is 9.79. The molecule has 3 aromatic heterocycles. The number of halogens is 2. The van der Waals surface area contributed by atoms with Crippen LogP contribution in [0.5, 0.6) is 5.75 Å². The van der Waals surface area contributed by atoms with Crippen molar-refractivity contribution in [2.75, 3.05) is 0 Å². The van der Waals surface area contributed by atoms with Crippen LogP contribution < -0.4 is 4.65 Å². The van der Waals surface area contributed by atoms with Crippen LogP contribution in [0.1, 0.15) is 115 Å². The second-order valence-electron chi connectivity index (χ2n) is 32.1. The van der Waals surface area contributed by atoms with Gasteiger partial charge in [-0.05, 0) is 260 Å². The predicted octanol–water partition coefficient (Wildman–Crippen LogP) is 30.0. The molecule has 0 bridgehead atoms. The molecule has 545 valence electrons. The van der Waals surface area contributed by atoms with Gasteiger partial charge in [0.2, 0.25) is 0 Å². The van der Waals surface area contributed by atoms with Crippen LogP contribution >= 0.6 is 31.9 Å². The fraction of sp³-hybridized carbons (Fsp3) is 0.135. The van der Waals surface area contributed by atoms with E-state index < -0.39 is 0 Å². The van der Waals surface area contributed by atoms with Gasteiger partial charge in [-0.15, -0.1) is 0 Å². The van der Waals surface area contributed by atoms with Gasteiger partial charge in [-0.25, -0.2) is 0 Å². The number of rotatable bonds is 7. The van der Waals surface area contributed by atoms with E-state index in [4.69, 9.17) is 22.9 Å². The summed E-state index contributed by atoms with van der Waals surface area (Å²) < 4.78 is 25.9. The molecule has 112 heavy (non-hydrogen) atoms. The summed E-state index contributed by atoms with van der Waals surface area (Å²) in [6, 6.07) is 107. The van der Waals surface area contributed by atoms with Crippen molar-refractivity contribution in [2.24, 2.45) is 0 Å². The van der Waals surface area contributed by atoms with E-state index >= 15 is 0 Å². The molecule has 18 aromatic rings. The van der Waals surface area contributed by atoms with Gasteiger partial charge in [-0.3, -0.25) is 0 Å². The third-order valence-corrected chi connectivity index (χ3v) is 25.4. The molecular formula is C104H82BBr2O5. The molecular weight excluding hydrogens is 1500 g/mol. The van der Waals surface area contributed by atoms with E-state index in [0.29, 0.717) is 13.4 Å². The van der Waals surface area contributed by atoms with Crippen LogP contribution in [-0.4, -0.2) is 12.7 Å². The molecule has 0 fully saturated rings. The fourth-order valence-electron chi connectivity index (χ4n) is 18.6. The Labute approximate surface area is 671 Å². The minimum atomic E-state index is -0.164. The smallest absolute Gasteiger partial charge is 0.537 e. The average Bonchev–Trinajstić information content (AvgIpc) is 1.53. The molecule has 0 spiro atoms. The lowest BCUT2D eigenvalue weighted by Crippen LogP contribution is -2.17. The predicted molar refractivity (Wildman–Crippen MR) is 476 cm³/mol. The quantitative estimate of drug-likeness (QED) is 0.161. The average molecular weight is 1580 g/mol. The van der Waals surface area contributed by atoms with Crippen LogP contribution in [0.25, 0.3) is 166 Å². The van der Waals surface area contributed by atoms with Crippen molar-refractivity contribution in [1.29, 1.82) is 0 Å². The van der Waals surface area contributed by atoms with E-state index in [0.717, 1.165) is 85.9 Å². The minimum Gasteiger partial charge on any atom is -0.537 e. The van der Waals surface area contributed by atoms with Crippen LogP contribution in [-0.2, 0) is 21.7 Å². The summed E-state index contributed by atoms with van der Waals surface area (Å²) in [7, 11) is 0.679. The molecule has 3 heterocycles. The van der Waals surface area contributed by atoms with Crippen molar-refractivity contribution >= 4 is 105 Å². The summed E-state index contributed by atoms with van der Waals surface area (Å²) in [6.45, 7) is 19.0. The van der Waals surface area contributed by atoms with Crippen molar-refractivity contribution in [1.82, 2.24) is 0 Å². The maximum atomic E-state index is 8.78. The Balaban J connectivity index is 0.000000143. The van der Waals surface area contributed by atoms with Gasteiger partial charge in [0.1, 0.15) is 39.2 Å². The van der Waals surface area contributed by atoms with E-state index in [-0.39, 0.29) is 36.5 Å². The Morgan fingerprint density at radius 3 is 0.786 bits per heavy atom. The molecule has 1 N–H and O–H groups in total. The van der Waals surface area contributed by atoms with Gasteiger partial charge < -0.3 is 22.9 Å². The topological polar surface area (TPSA) is 68.9 Å². The molecule has 15 aromatic carbocycles. The minimum absolute atomic E-state index is 0. The van der Waals surface area contributed by atoms with Crippen molar-refractivity contribution < 1.29 is 22.9 Å². The highest BCUT2D eigenvalue weighted by molar-refractivity contribution is 9.10. The number of hydrogen-bond donors (Lipinski definition) is 1. The lowest BCUT2D eigenvalue weighted by Gasteiger charge is -2.24. The Bertz CT molecular complexity index is 6540. The Morgan fingerprint density at radius 1 is 0.250 bits per heavy atom. The molecule has 0 saturated carbocycles. The molecule has 4 aliphatic carbocycles. The summed E-state index contributed by atoms with van der Waals surface area (Å²) in [4.78, 5) is 0. The largest absolute Gasteiger partial charge is 0.569 e. The summed E-state index contributed by atoms with van der Waals surface area (Å²) >= 11 is 7.34. The third kappa shape index (κ3) is 11.3. The van der Waals surface area contributed by atoms with Crippen LogP contribution in [0.15, 0.2) is 319 Å². The van der Waals surface area contributed by atoms with Gasteiger partial charge in [0.15, 0.2) is 0 Å². The number of furan rings is 3. The normalized spacial score (nSPS) is 14.2. The van der Waals surface area contributed by atoms with E-state index in [1.54, 1.807) is 6.07 Å². The number of fused-ring (bicyclic) bond motifs is 23. The van der Waals surface area contributed by atoms with Gasteiger partial charge in [0.25, 0.3) is 0 Å². The summed E-state index contributed by atoms with van der Waals surface area (Å²) in [6.07, 6.45) is 0. The van der Waals surface area contributed by atoms with Gasteiger partial charge in [-0.1, -0.05) is 284 Å². The molecule has 8 heteroatoms. The second kappa shape index (κ2) is 26.9. The molecule has 5 nitrogen and oxygen atoms in total. The summed E-state index contributed by atoms with van der Waals surface area (Å²) in [5.74, 6) is 0.572. The number of hydrogen-bond acceptors (Lipinski definition) is 5. The molecule has 0 unspecified atom stereocenters. The molecule has 4 aliphatic rings. The summed E-state index contributed by atoms with van der Waals surface area (Å²) in [5, 5.41) is 15.3. The highest BCUT2D eigenvalue weighted by Crippen LogP contribution is 2.62. The standard InChI is InChI=1S/C60H42O2.C24H20Br2.C18H12BO3.2CH4/c1-59(2)49-23-24-50-58(57(49)43-21-15-41(33-51(43)59)39-19-27-55-47(31-39)45-29-37(17-25-53(45)61-55)35-11-7-5-8-12-35)44-22-16-42(34-52(44)60(50,3)4)40-20-28-56-48(32-40)46-30-38(18-26-54(46)62-56)36-13-9-6-10-14-36;1-23(2)17-9-10-18-22(21(17)15-7-5-13(25)11-19(15)23)16-8-6-14(26)12-20(16)24(18,3)4;20-19-22-14-7-9-18-16(11-14)15-10-13(6-8-17(15)21-18)12-4-2-1-3-5-12;;/h5-34H,1-4H3;5-12H,1-4H3;1-11,20H;2*1H4. The van der Waals surface area contributed by atoms with Gasteiger partial charge >= 0.3 is 7.69 Å². The van der Waals surface area contributed by atoms with Crippen LogP contribution in [0.4, 0.5) is 0 Å². The molecule has 22 rings (SSSR count). The maximum Gasteiger partial charge on any atom is 0.569 e. The van der Waals surface area contributed by atoms with E-state index in [9.17, 15) is 0 Å². The van der Waals surface area contributed by atoms with Crippen LogP contribution in [0.3, 0.4) is 0 Å². The molecule has 0 saturated heterocycles. The Hall–Kier alpha value is -11.5. The molecule has 0 amide bonds. The van der Waals surface area contributed by atoms with Crippen molar-refractivity contribution in [3.05, 3.63) is 351 Å². The molecule has 0 atom stereocenters. The van der Waals surface area contributed by atoms with Crippen LogP contribution in [0.2, 0.25) is 0 Å². The molecule has 0 aliphatic heterocycles. The Morgan fingerprint density at radius 2 is 0.491 bits per heavy atom. The zero-order valence-electron chi connectivity index (χ0n) is 62.2. The van der Waals surface area contributed by atoms with Crippen molar-refractivity contribution in [2.45, 2.75) is 91.9 Å². The zero-order valence-corrected chi connectivity index (χ0v) is 65.4. The SMILES string of the molecule is C.C.CC1(C)c2cc(-c3ccc4oc5ccc(-c6ccccc6)cc5c4c3)ccc2-c2c1ccc1c2-c2ccc(-c3ccc4oc5ccc(-c6ccccc6)cc5c4c3)cc2C1(C)C.CC1(C)c2cc(Br)ccc2-c2c1ccc1c2-c2ccc(Br)cc2C1(C)C.O[B]Oc1ccc2oc3ccc(-c4ccccc4)cc3c2c1. The Kier molecular flexibility index (Phi) is 17.3. The first-order valence-corrected chi connectivity index (χ1v) is 39.3. The maximum absolute atomic E-state index is 8.78. The summed E-state index contributed by atoms with van der Waals surface area (Å²) in [5.41, 5.74) is 39.3. The zero-order chi connectivity index (χ0) is 74.9. The first-order valence-electron chi connectivity index (χ1n) is 37.7. The van der Waals surface area contributed by atoms with E-state index in [1.807, 2.05) is 36.4 Å². The first-order chi connectivity index (χ1) is 53.3. The number of benzene rings is 15.